The zero-order chi connectivity index (χ0) is 30.0. The zero-order valence-corrected chi connectivity index (χ0v) is 25.1. The summed E-state index contributed by atoms with van der Waals surface area (Å²) in [6.45, 7) is 10.3. The lowest BCUT2D eigenvalue weighted by molar-refractivity contribution is -0.132. The van der Waals surface area contributed by atoms with Gasteiger partial charge in [-0.15, -0.1) is 0 Å². The van der Waals surface area contributed by atoms with E-state index in [1.54, 1.807) is 12.1 Å². The Labute approximate surface area is 247 Å². The fourth-order valence-corrected chi connectivity index (χ4v) is 6.45. The van der Waals surface area contributed by atoms with E-state index in [0.717, 1.165) is 82.1 Å². The number of amides is 3. The Bertz CT molecular complexity index is 1220. The van der Waals surface area contributed by atoms with Crippen molar-refractivity contribution >= 4 is 35.2 Å². The molecule has 3 amide bonds. The van der Waals surface area contributed by atoms with Crippen LogP contribution >= 0.6 is 0 Å². The molecule has 1 aromatic carbocycles. The minimum Gasteiger partial charge on any atom is -0.444 e. The average molecular weight is 582 g/mol. The van der Waals surface area contributed by atoms with Crippen LogP contribution in [0.3, 0.4) is 0 Å². The van der Waals surface area contributed by atoms with Crippen molar-refractivity contribution in [3.05, 3.63) is 29.3 Å². The van der Waals surface area contributed by atoms with Gasteiger partial charge in [0.2, 0.25) is 0 Å². The SMILES string of the molecule is CC(C)(C)OC(=O)N1CCC(CCOCC2CCN(c3ccc4c(c3)C(=O)N(C3CCC(=O)CC3=O)C4=O)CC2)CC1. The topological polar surface area (TPSA) is 114 Å². The minimum atomic E-state index is -0.848. The van der Waals surface area contributed by atoms with Gasteiger partial charge >= 0.3 is 6.09 Å². The van der Waals surface area contributed by atoms with Crippen LogP contribution in [0.1, 0.15) is 92.9 Å². The molecule has 1 aromatic rings. The van der Waals surface area contributed by atoms with Gasteiger partial charge in [-0.2, -0.15) is 0 Å². The Hall–Kier alpha value is -3.27. The summed E-state index contributed by atoms with van der Waals surface area (Å²) in [5.74, 6) is -0.338. The van der Waals surface area contributed by atoms with Crippen LogP contribution in [-0.4, -0.2) is 90.3 Å². The predicted molar refractivity (Wildman–Crippen MR) is 155 cm³/mol. The third-order valence-electron chi connectivity index (χ3n) is 8.92. The Morgan fingerprint density at radius 2 is 1.55 bits per heavy atom. The van der Waals surface area contributed by atoms with E-state index in [2.05, 4.69) is 4.90 Å². The number of fused-ring (bicyclic) bond motifs is 1. The molecule has 0 N–H and O–H groups in total. The fourth-order valence-electron chi connectivity index (χ4n) is 6.45. The first-order chi connectivity index (χ1) is 20.0. The number of rotatable bonds is 7. The van der Waals surface area contributed by atoms with Gasteiger partial charge in [0.25, 0.3) is 11.8 Å². The number of hydrogen-bond acceptors (Lipinski definition) is 8. The minimum absolute atomic E-state index is 0.138. The fraction of sp³-hybridized carbons (Fsp3) is 0.656. The molecule has 10 nitrogen and oxygen atoms in total. The molecule has 0 radical (unpaired) electrons. The largest absolute Gasteiger partial charge is 0.444 e. The molecule has 3 aliphatic heterocycles. The van der Waals surface area contributed by atoms with Crippen LogP contribution in [0, 0.1) is 11.8 Å². The molecular weight excluding hydrogens is 538 g/mol. The molecule has 3 fully saturated rings. The van der Waals surface area contributed by atoms with Gasteiger partial charge in [0.1, 0.15) is 11.4 Å². The van der Waals surface area contributed by atoms with Crippen molar-refractivity contribution in [3.8, 4) is 0 Å². The third-order valence-corrected chi connectivity index (χ3v) is 8.92. The first-order valence-electron chi connectivity index (χ1n) is 15.4. The lowest BCUT2D eigenvalue weighted by Gasteiger charge is -2.34. The summed E-state index contributed by atoms with van der Waals surface area (Å²) in [5, 5.41) is 0. The van der Waals surface area contributed by atoms with Gasteiger partial charge in [-0.05, 0) is 89.3 Å². The van der Waals surface area contributed by atoms with E-state index in [4.69, 9.17) is 9.47 Å². The number of imide groups is 1. The smallest absolute Gasteiger partial charge is 0.410 e. The van der Waals surface area contributed by atoms with E-state index in [1.165, 1.54) is 0 Å². The highest BCUT2D eigenvalue weighted by molar-refractivity contribution is 6.24. The highest BCUT2D eigenvalue weighted by atomic mass is 16.6. The van der Waals surface area contributed by atoms with Crippen LogP contribution in [0.2, 0.25) is 0 Å². The number of carbonyl (C=O) groups is 5. The zero-order valence-electron chi connectivity index (χ0n) is 25.1. The Balaban J connectivity index is 1.03. The predicted octanol–water partition coefficient (Wildman–Crippen LogP) is 4.24. The van der Waals surface area contributed by atoms with E-state index in [9.17, 15) is 24.0 Å². The van der Waals surface area contributed by atoms with Gasteiger partial charge in [0, 0.05) is 51.5 Å². The number of benzene rings is 1. The molecule has 42 heavy (non-hydrogen) atoms. The number of hydrogen-bond donors (Lipinski definition) is 0. The number of anilines is 1. The van der Waals surface area contributed by atoms with Crippen molar-refractivity contribution in [1.82, 2.24) is 9.80 Å². The molecule has 10 heteroatoms. The van der Waals surface area contributed by atoms with Gasteiger partial charge in [0.05, 0.1) is 23.6 Å². The maximum atomic E-state index is 13.2. The molecule has 228 valence electrons. The molecule has 0 aromatic heterocycles. The van der Waals surface area contributed by atoms with Crippen LogP contribution in [0.4, 0.5) is 10.5 Å². The van der Waals surface area contributed by atoms with Gasteiger partial charge in [-0.1, -0.05) is 0 Å². The number of nitrogens with zero attached hydrogens (tertiary/aromatic N) is 3. The highest BCUT2D eigenvalue weighted by Gasteiger charge is 2.44. The van der Waals surface area contributed by atoms with Crippen molar-refractivity contribution in [1.29, 1.82) is 0 Å². The lowest BCUT2D eigenvalue weighted by atomic mass is 9.92. The summed E-state index contributed by atoms with van der Waals surface area (Å²) in [4.78, 5) is 67.6. The highest BCUT2D eigenvalue weighted by Crippen LogP contribution is 2.33. The molecule has 2 saturated heterocycles. The van der Waals surface area contributed by atoms with Crippen LogP contribution in [0.25, 0.3) is 0 Å². The summed E-state index contributed by atoms with van der Waals surface area (Å²) in [6, 6.07) is 4.50. The first kappa shape index (κ1) is 30.2. The monoisotopic (exact) mass is 581 g/mol. The molecule has 1 saturated carbocycles. The molecule has 3 heterocycles. The Kier molecular flexibility index (Phi) is 9.01. The summed E-state index contributed by atoms with van der Waals surface area (Å²) in [6.07, 6.45) is 4.90. The van der Waals surface area contributed by atoms with E-state index in [1.807, 2.05) is 31.7 Å². The summed E-state index contributed by atoms with van der Waals surface area (Å²) >= 11 is 0. The molecule has 0 spiro atoms. The normalized spacial score (nSPS) is 22.6. The third kappa shape index (κ3) is 6.85. The molecule has 0 bridgehead atoms. The van der Waals surface area contributed by atoms with Crippen LogP contribution < -0.4 is 4.90 Å². The van der Waals surface area contributed by atoms with E-state index in [-0.39, 0.29) is 36.9 Å². The van der Waals surface area contributed by atoms with Gasteiger partial charge in [-0.25, -0.2) is 4.79 Å². The number of ether oxygens (including phenoxy) is 2. The first-order valence-corrected chi connectivity index (χ1v) is 15.4. The average Bonchev–Trinajstić information content (AvgIpc) is 3.20. The molecule has 1 unspecified atom stereocenters. The maximum absolute atomic E-state index is 13.2. The second-order valence-electron chi connectivity index (χ2n) is 13.2. The van der Waals surface area contributed by atoms with Crippen molar-refractivity contribution in [2.75, 3.05) is 44.3 Å². The number of likely N-dealkylation sites (tertiary alicyclic amines) is 1. The van der Waals surface area contributed by atoms with Crippen molar-refractivity contribution in [3.63, 3.8) is 0 Å². The van der Waals surface area contributed by atoms with Crippen LogP contribution in [0.15, 0.2) is 18.2 Å². The van der Waals surface area contributed by atoms with E-state index in [0.29, 0.717) is 23.0 Å². The van der Waals surface area contributed by atoms with Gasteiger partial charge in [-0.3, -0.25) is 24.1 Å². The Morgan fingerprint density at radius 3 is 2.21 bits per heavy atom. The summed E-state index contributed by atoms with van der Waals surface area (Å²) in [5.41, 5.74) is 1.10. The standard InChI is InChI=1S/C32H43N3O7/c1-32(2,3)42-31(40)34-15-8-21(9-16-34)12-17-41-20-22-10-13-33(14-11-22)23-4-6-25-26(18-23)30(39)35(29(25)38)27-7-5-24(36)19-28(27)37/h4,6,18,21-22,27H,5,7-17,19-20H2,1-3H3. The number of ketones is 2. The van der Waals surface area contributed by atoms with Crippen LogP contribution in [-0.2, 0) is 19.1 Å². The molecule has 4 aliphatic rings. The second kappa shape index (κ2) is 12.5. The van der Waals surface area contributed by atoms with Crippen molar-refractivity contribution in [2.45, 2.75) is 83.8 Å². The lowest BCUT2D eigenvalue weighted by Crippen LogP contribution is -2.47. The van der Waals surface area contributed by atoms with Crippen molar-refractivity contribution < 1.29 is 33.4 Å². The van der Waals surface area contributed by atoms with Gasteiger partial charge < -0.3 is 19.3 Å². The second-order valence-corrected chi connectivity index (χ2v) is 13.2. The molecular formula is C32H43N3O7. The van der Waals surface area contributed by atoms with Crippen LogP contribution in [0.5, 0.6) is 0 Å². The molecule has 1 aliphatic carbocycles. The number of carbonyl (C=O) groups excluding carboxylic acids is 5. The quantitative estimate of drug-likeness (QED) is 0.267. The molecule has 1 atom stereocenters. The van der Waals surface area contributed by atoms with Gasteiger partial charge in [0.15, 0.2) is 5.78 Å². The van der Waals surface area contributed by atoms with E-state index < -0.39 is 23.5 Å². The summed E-state index contributed by atoms with van der Waals surface area (Å²) in [7, 11) is 0. The number of Topliss-reactive ketones (excluding diaryl/α,β-unsaturated/α-hetero) is 2. The molecule has 5 rings (SSSR count). The summed E-state index contributed by atoms with van der Waals surface area (Å²) < 4.78 is 11.6. The number of piperidine rings is 2. The maximum Gasteiger partial charge on any atom is 0.410 e. The van der Waals surface area contributed by atoms with E-state index >= 15 is 0 Å². The Morgan fingerprint density at radius 1 is 0.881 bits per heavy atom. The van der Waals surface area contributed by atoms with Crippen molar-refractivity contribution in [2.24, 2.45) is 11.8 Å².